The third kappa shape index (κ3) is 2.86. The topological polar surface area (TPSA) is 58.3 Å². The van der Waals surface area contributed by atoms with Crippen molar-refractivity contribution in [3.8, 4) is 0 Å². The van der Waals surface area contributed by atoms with Crippen LogP contribution in [0.5, 0.6) is 0 Å². The Labute approximate surface area is 140 Å². The zero-order valence-corrected chi connectivity index (χ0v) is 15.3. The molecule has 1 aromatic rings. The lowest BCUT2D eigenvalue weighted by atomic mass is 9.65. The second-order valence-corrected chi connectivity index (χ2v) is 8.45. The molecule has 1 saturated heterocycles. The van der Waals surface area contributed by atoms with E-state index in [9.17, 15) is 0 Å². The van der Waals surface area contributed by atoms with Crippen LogP contribution in [0.1, 0.15) is 53.9 Å². The van der Waals surface area contributed by atoms with Gasteiger partial charge in [-0.2, -0.15) is 0 Å². The van der Waals surface area contributed by atoms with Gasteiger partial charge >= 0.3 is 0 Å². The Morgan fingerprint density at radius 3 is 2.57 bits per heavy atom. The molecule has 1 aliphatic carbocycles. The monoisotopic (exact) mass is 317 g/mol. The van der Waals surface area contributed by atoms with E-state index in [0.717, 1.165) is 37.0 Å². The summed E-state index contributed by atoms with van der Waals surface area (Å²) in [6.07, 6.45) is 5.42. The molecule has 128 valence electrons. The summed E-state index contributed by atoms with van der Waals surface area (Å²) < 4.78 is 0. The molecule has 2 aliphatic rings. The number of nitrogen functional groups attached to an aromatic ring is 1. The number of nitrogens with zero attached hydrogens (tertiary/aromatic N) is 4. The highest BCUT2D eigenvalue weighted by atomic mass is 15.3. The first-order valence-electron chi connectivity index (χ1n) is 8.90. The van der Waals surface area contributed by atoms with Gasteiger partial charge in [0.25, 0.3) is 0 Å². The predicted molar refractivity (Wildman–Crippen MR) is 96.9 cm³/mol. The molecule has 2 atom stereocenters. The fraction of sp³-hybridized carbons (Fsp3) is 0.778. The minimum Gasteiger partial charge on any atom is -0.393 e. The van der Waals surface area contributed by atoms with Gasteiger partial charge in [0.2, 0.25) is 0 Å². The van der Waals surface area contributed by atoms with E-state index in [1.54, 1.807) is 6.33 Å². The van der Waals surface area contributed by atoms with Crippen molar-refractivity contribution in [2.24, 2.45) is 10.8 Å². The number of rotatable bonds is 4. The Morgan fingerprint density at radius 1 is 1.22 bits per heavy atom. The average Bonchev–Trinajstić information content (AvgIpc) is 2.71. The summed E-state index contributed by atoms with van der Waals surface area (Å²) in [5.41, 5.74) is 8.01. The molecule has 1 aromatic heterocycles. The first kappa shape index (κ1) is 16.3. The lowest BCUT2D eigenvalue weighted by Gasteiger charge is -2.39. The van der Waals surface area contributed by atoms with E-state index in [4.69, 9.17) is 5.73 Å². The molecule has 2 bridgehead atoms. The molecule has 2 N–H and O–H groups in total. The molecule has 0 amide bonds. The summed E-state index contributed by atoms with van der Waals surface area (Å²) in [7, 11) is 0. The molecule has 0 aromatic carbocycles. The van der Waals surface area contributed by atoms with Gasteiger partial charge in [-0.1, -0.05) is 20.8 Å². The van der Waals surface area contributed by atoms with E-state index < -0.39 is 0 Å². The van der Waals surface area contributed by atoms with Gasteiger partial charge in [-0.05, 0) is 43.9 Å². The summed E-state index contributed by atoms with van der Waals surface area (Å²) in [6.45, 7) is 14.4. The Morgan fingerprint density at radius 2 is 1.91 bits per heavy atom. The molecule has 0 radical (unpaired) electrons. The van der Waals surface area contributed by atoms with Gasteiger partial charge in [-0.15, -0.1) is 0 Å². The predicted octanol–water partition coefficient (Wildman–Crippen LogP) is 3.31. The van der Waals surface area contributed by atoms with Gasteiger partial charge in [0.1, 0.15) is 12.0 Å². The molecule has 23 heavy (non-hydrogen) atoms. The van der Waals surface area contributed by atoms with Crippen molar-refractivity contribution in [3.63, 3.8) is 0 Å². The number of aromatic nitrogens is 2. The number of fused-ring (bicyclic) bond motifs is 2. The van der Waals surface area contributed by atoms with Crippen LogP contribution < -0.4 is 15.5 Å². The molecule has 0 spiro atoms. The lowest BCUT2D eigenvalue weighted by molar-refractivity contribution is 0.136. The van der Waals surface area contributed by atoms with Gasteiger partial charge in [-0.3, -0.25) is 0 Å². The van der Waals surface area contributed by atoms with Crippen LogP contribution in [0.3, 0.4) is 0 Å². The minimum absolute atomic E-state index is 0.374. The van der Waals surface area contributed by atoms with Crippen molar-refractivity contribution < 1.29 is 0 Å². The first-order chi connectivity index (χ1) is 10.8. The molecule has 2 unspecified atom stereocenters. The first-order valence-corrected chi connectivity index (χ1v) is 8.90. The third-order valence-corrected chi connectivity index (χ3v) is 5.59. The van der Waals surface area contributed by atoms with Crippen molar-refractivity contribution in [1.82, 2.24) is 9.97 Å². The molecule has 2 fully saturated rings. The number of nitrogens with two attached hydrogens (primary N) is 1. The van der Waals surface area contributed by atoms with E-state index >= 15 is 0 Å². The maximum atomic E-state index is 6.50. The van der Waals surface area contributed by atoms with Crippen LogP contribution in [-0.4, -0.2) is 35.6 Å². The highest BCUT2D eigenvalue weighted by Crippen LogP contribution is 2.54. The standard InChI is InChI=1S/C18H31N5/c1-6-22(7-2)15-14(19)16(21-12-20-15)23-11-18(5)9-13(23)8-17(3,4)10-18/h12-13H,6-11,19H2,1-5H3. The van der Waals surface area contributed by atoms with E-state index in [-0.39, 0.29) is 0 Å². The van der Waals surface area contributed by atoms with Crippen LogP contribution in [0.15, 0.2) is 6.33 Å². The molecule has 5 nitrogen and oxygen atoms in total. The Hall–Kier alpha value is -1.52. The van der Waals surface area contributed by atoms with Crippen molar-refractivity contribution in [1.29, 1.82) is 0 Å². The molecule has 5 heteroatoms. The SMILES string of the molecule is CCN(CC)c1ncnc(N2CC3(C)CC2CC(C)(C)C3)c1N. The fourth-order valence-corrected chi connectivity index (χ4v) is 5.09. The molecule has 1 aliphatic heterocycles. The highest BCUT2D eigenvalue weighted by Gasteiger charge is 2.50. The largest absolute Gasteiger partial charge is 0.393 e. The smallest absolute Gasteiger partial charge is 0.157 e. The summed E-state index contributed by atoms with van der Waals surface area (Å²) in [6, 6.07) is 0.547. The zero-order chi connectivity index (χ0) is 16.8. The van der Waals surface area contributed by atoms with E-state index in [1.807, 2.05) is 0 Å². The molecular weight excluding hydrogens is 286 g/mol. The lowest BCUT2D eigenvalue weighted by Crippen LogP contribution is -2.35. The molecule has 2 heterocycles. The Kier molecular flexibility index (Phi) is 3.93. The third-order valence-electron chi connectivity index (χ3n) is 5.59. The maximum absolute atomic E-state index is 6.50. The summed E-state index contributed by atoms with van der Waals surface area (Å²) in [4.78, 5) is 13.7. The average molecular weight is 317 g/mol. The van der Waals surface area contributed by atoms with E-state index in [0.29, 0.717) is 16.9 Å². The second kappa shape index (κ2) is 5.53. The molecule has 1 saturated carbocycles. The number of hydrogen-bond acceptors (Lipinski definition) is 5. The fourth-order valence-electron chi connectivity index (χ4n) is 5.09. The van der Waals surface area contributed by atoms with Gasteiger partial charge in [-0.25, -0.2) is 9.97 Å². The second-order valence-electron chi connectivity index (χ2n) is 8.45. The van der Waals surface area contributed by atoms with Crippen LogP contribution in [0, 0.1) is 10.8 Å². The summed E-state index contributed by atoms with van der Waals surface area (Å²) in [5, 5.41) is 0. The summed E-state index contributed by atoms with van der Waals surface area (Å²) >= 11 is 0. The van der Waals surface area contributed by atoms with Crippen LogP contribution >= 0.6 is 0 Å². The van der Waals surface area contributed by atoms with E-state index in [2.05, 4.69) is 54.4 Å². The van der Waals surface area contributed by atoms with Crippen LogP contribution in [-0.2, 0) is 0 Å². The Bertz CT molecular complexity index is 581. The van der Waals surface area contributed by atoms with Crippen molar-refractivity contribution in [2.45, 2.75) is 59.9 Å². The Balaban J connectivity index is 1.96. The van der Waals surface area contributed by atoms with Gasteiger partial charge in [0.05, 0.1) is 0 Å². The van der Waals surface area contributed by atoms with Crippen LogP contribution in [0.25, 0.3) is 0 Å². The molecular formula is C18H31N5. The minimum atomic E-state index is 0.374. The quantitative estimate of drug-likeness (QED) is 0.923. The number of anilines is 3. The van der Waals surface area contributed by atoms with Crippen molar-refractivity contribution >= 4 is 17.3 Å². The van der Waals surface area contributed by atoms with Crippen LogP contribution in [0.4, 0.5) is 17.3 Å². The maximum Gasteiger partial charge on any atom is 0.157 e. The molecule has 3 rings (SSSR count). The summed E-state index contributed by atoms with van der Waals surface area (Å²) in [5.74, 6) is 1.82. The van der Waals surface area contributed by atoms with E-state index in [1.165, 1.54) is 19.3 Å². The van der Waals surface area contributed by atoms with Gasteiger partial charge in [0.15, 0.2) is 11.6 Å². The zero-order valence-electron chi connectivity index (χ0n) is 15.3. The normalized spacial score (nSPS) is 28.9. The highest BCUT2D eigenvalue weighted by molar-refractivity contribution is 5.76. The van der Waals surface area contributed by atoms with Crippen LogP contribution in [0.2, 0.25) is 0 Å². The van der Waals surface area contributed by atoms with Crippen molar-refractivity contribution in [3.05, 3.63) is 6.33 Å². The number of hydrogen-bond donors (Lipinski definition) is 1. The van der Waals surface area contributed by atoms with Gasteiger partial charge in [0, 0.05) is 25.7 Å². The van der Waals surface area contributed by atoms with Crippen molar-refractivity contribution in [2.75, 3.05) is 35.2 Å². The van der Waals surface area contributed by atoms with Gasteiger partial charge < -0.3 is 15.5 Å².